The van der Waals surface area contributed by atoms with E-state index in [0.29, 0.717) is 0 Å². The Morgan fingerprint density at radius 2 is 1.97 bits per heavy atom. The van der Waals surface area contributed by atoms with Crippen LogP contribution in [0.1, 0.15) is 33.5 Å². The van der Waals surface area contributed by atoms with Crippen molar-refractivity contribution in [1.82, 2.24) is 14.9 Å². The number of hydrogen-bond donors (Lipinski definition) is 1. The maximum absolute atomic E-state index is 13.7. The third-order valence-corrected chi connectivity index (χ3v) is 5.83. The molecule has 2 heterocycles. The van der Waals surface area contributed by atoms with Crippen molar-refractivity contribution >= 4 is 35.1 Å². The van der Waals surface area contributed by atoms with Crippen molar-refractivity contribution in [3.8, 4) is 0 Å². The average molecular weight is 471 g/mol. The van der Waals surface area contributed by atoms with Crippen molar-refractivity contribution in [2.75, 3.05) is 12.0 Å². The van der Waals surface area contributed by atoms with E-state index in [2.05, 4.69) is 10.3 Å². The van der Waals surface area contributed by atoms with Crippen LogP contribution in [0.25, 0.3) is 0 Å². The fourth-order valence-electron chi connectivity index (χ4n) is 3.88. The first kappa shape index (κ1) is 22.5. The normalized spacial score (nSPS) is 17.5. The van der Waals surface area contributed by atoms with Gasteiger partial charge in [-0.2, -0.15) is 0 Å². The van der Waals surface area contributed by atoms with Gasteiger partial charge in [0.25, 0.3) is 5.91 Å². The van der Waals surface area contributed by atoms with Gasteiger partial charge in [0.1, 0.15) is 17.1 Å². The van der Waals surface area contributed by atoms with E-state index in [0.717, 1.165) is 17.7 Å². The molecule has 1 unspecified atom stereocenters. The van der Waals surface area contributed by atoms with Gasteiger partial charge in [-0.3, -0.25) is 14.5 Å². The number of halogens is 2. The monoisotopic (exact) mass is 470 g/mol. The summed E-state index contributed by atoms with van der Waals surface area (Å²) in [5, 5.41) is 2.80. The van der Waals surface area contributed by atoms with Crippen LogP contribution in [-0.2, 0) is 22.6 Å². The first-order valence-electron chi connectivity index (χ1n) is 10.0. The van der Waals surface area contributed by atoms with Crippen LogP contribution < -0.4 is 10.2 Å². The highest BCUT2D eigenvalue weighted by Crippen LogP contribution is 2.37. The molecule has 0 bridgehead atoms. The molecule has 33 heavy (non-hydrogen) atoms. The molecule has 1 aliphatic heterocycles. The Balaban J connectivity index is 1.79. The number of rotatable bonds is 5. The number of fused-ring (bicyclic) bond motifs is 1. The number of carbonyl (C=O) groups excluding carboxylic acids is 3. The number of aromatic nitrogens is 2. The van der Waals surface area contributed by atoms with E-state index in [4.69, 9.17) is 16.3 Å². The molecule has 10 heteroatoms. The molecule has 1 aromatic heterocycles. The minimum absolute atomic E-state index is 0.0214. The smallest absolute Gasteiger partial charge is 0.359 e. The van der Waals surface area contributed by atoms with Crippen LogP contribution in [0, 0.1) is 5.82 Å². The molecule has 0 fully saturated rings. The summed E-state index contributed by atoms with van der Waals surface area (Å²) in [4.78, 5) is 44.5. The second kappa shape index (κ2) is 8.67. The van der Waals surface area contributed by atoms with Gasteiger partial charge in [0.2, 0.25) is 5.91 Å². The lowest BCUT2D eigenvalue weighted by Gasteiger charge is -2.43. The molecule has 0 radical (unpaired) electrons. The number of hydrogen-bond acceptors (Lipinski definition) is 5. The Kier molecular flexibility index (Phi) is 5.90. The highest BCUT2D eigenvalue weighted by Gasteiger charge is 2.50. The number of methoxy groups -OCH3 is 1. The van der Waals surface area contributed by atoms with Crippen molar-refractivity contribution in [3.63, 3.8) is 0 Å². The summed E-state index contributed by atoms with van der Waals surface area (Å²) >= 11 is 6.28. The molecule has 0 aliphatic carbocycles. The molecule has 0 spiro atoms. The fraction of sp³-hybridized carbons (Fsp3) is 0.217. The van der Waals surface area contributed by atoms with E-state index in [9.17, 15) is 18.8 Å². The third kappa shape index (κ3) is 3.95. The van der Waals surface area contributed by atoms with E-state index in [1.165, 1.54) is 29.0 Å². The molecule has 0 saturated heterocycles. The Morgan fingerprint density at radius 1 is 1.24 bits per heavy atom. The van der Waals surface area contributed by atoms with Gasteiger partial charge in [0.05, 0.1) is 30.7 Å². The Labute approximate surface area is 193 Å². The maximum Gasteiger partial charge on any atom is 0.359 e. The van der Waals surface area contributed by atoms with Crippen molar-refractivity contribution in [3.05, 3.63) is 82.6 Å². The second-order valence-electron chi connectivity index (χ2n) is 7.74. The van der Waals surface area contributed by atoms with Crippen LogP contribution in [-0.4, -0.2) is 40.0 Å². The van der Waals surface area contributed by atoms with Crippen LogP contribution >= 0.6 is 11.6 Å². The number of carbonyl (C=O) groups is 3. The quantitative estimate of drug-likeness (QED) is 0.578. The second-order valence-corrected chi connectivity index (χ2v) is 8.15. The lowest BCUT2D eigenvalue weighted by Crippen LogP contribution is -2.64. The van der Waals surface area contributed by atoms with E-state index in [1.807, 2.05) is 30.3 Å². The first-order chi connectivity index (χ1) is 15.8. The lowest BCUT2D eigenvalue weighted by molar-refractivity contribution is -0.126. The Morgan fingerprint density at radius 3 is 2.64 bits per heavy atom. The molecule has 0 saturated carbocycles. The van der Waals surface area contributed by atoms with Gasteiger partial charge in [-0.15, -0.1) is 0 Å². The number of esters is 1. The van der Waals surface area contributed by atoms with E-state index in [1.54, 1.807) is 6.92 Å². The number of nitrogens with zero attached hydrogens (tertiary/aromatic N) is 3. The minimum Gasteiger partial charge on any atom is -0.464 e. The zero-order chi connectivity index (χ0) is 23.8. The van der Waals surface area contributed by atoms with Crippen molar-refractivity contribution < 1.29 is 23.5 Å². The van der Waals surface area contributed by atoms with Gasteiger partial charge < -0.3 is 14.6 Å². The van der Waals surface area contributed by atoms with Crippen LogP contribution in [0.3, 0.4) is 0 Å². The van der Waals surface area contributed by atoms with Gasteiger partial charge in [-0.25, -0.2) is 14.2 Å². The Hall–Kier alpha value is -3.72. The van der Waals surface area contributed by atoms with E-state index >= 15 is 0 Å². The molecule has 3 aromatic rings. The molecule has 2 aromatic carbocycles. The van der Waals surface area contributed by atoms with Crippen LogP contribution in [0.2, 0.25) is 5.02 Å². The summed E-state index contributed by atoms with van der Waals surface area (Å²) in [7, 11) is 1.18. The molecule has 8 nitrogen and oxygen atoms in total. The molecular formula is C23H20ClFN4O4. The van der Waals surface area contributed by atoms with Crippen LogP contribution in [0.5, 0.6) is 0 Å². The molecule has 4 rings (SSSR count). The largest absolute Gasteiger partial charge is 0.464 e. The number of amides is 2. The summed E-state index contributed by atoms with van der Waals surface area (Å²) < 4.78 is 19.9. The number of nitrogens with one attached hydrogen (secondary N) is 1. The van der Waals surface area contributed by atoms with Crippen LogP contribution in [0.4, 0.5) is 10.1 Å². The highest BCUT2D eigenvalue weighted by atomic mass is 35.5. The summed E-state index contributed by atoms with van der Waals surface area (Å²) in [6, 6.07) is 12.8. The number of imidazole rings is 1. The van der Waals surface area contributed by atoms with Gasteiger partial charge in [-0.1, -0.05) is 41.9 Å². The maximum atomic E-state index is 13.7. The summed E-state index contributed by atoms with van der Waals surface area (Å²) in [6.07, 6.45) is 1.31. The molecule has 2 amide bonds. The zero-order valence-electron chi connectivity index (χ0n) is 17.8. The van der Waals surface area contributed by atoms with Gasteiger partial charge >= 0.3 is 5.97 Å². The van der Waals surface area contributed by atoms with Crippen LogP contribution in [0.15, 0.2) is 54.9 Å². The number of benzene rings is 2. The van der Waals surface area contributed by atoms with Crippen molar-refractivity contribution in [2.24, 2.45) is 0 Å². The van der Waals surface area contributed by atoms with E-state index < -0.39 is 29.1 Å². The lowest BCUT2D eigenvalue weighted by atomic mass is 9.93. The van der Waals surface area contributed by atoms with Gasteiger partial charge in [-0.05, 0) is 30.7 Å². The van der Waals surface area contributed by atoms with Gasteiger partial charge in [0.15, 0.2) is 5.69 Å². The Bertz CT molecular complexity index is 1250. The zero-order valence-corrected chi connectivity index (χ0v) is 18.6. The molecule has 1 atom stereocenters. The first-order valence-corrected chi connectivity index (χ1v) is 10.4. The fourth-order valence-corrected chi connectivity index (χ4v) is 4.14. The molecule has 1 N–H and O–H groups in total. The third-order valence-electron chi connectivity index (χ3n) is 5.53. The summed E-state index contributed by atoms with van der Waals surface area (Å²) in [6.45, 7) is 1.79. The number of ether oxygens (including phenoxy) is 1. The predicted octanol–water partition coefficient (Wildman–Crippen LogP) is 3.20. The summed E-state index contributed by atoms with van der Waals surface area (Å²) in [5.74, 6) is -2.54. The standard InChI is InChI=1S/C23H20ClFN4O4/c1-23(22(32)26-11-14-6-4-3-5-7-14)12-28-13-27-18(21(31)33-2)19(28)20(30)29(23)17-9-8-15(25)10-16(17)24/h3-10,13H,11-12H2,1-2H3,(H,26,32). The minimum atomic E-state index is -1.46. The highest BCUT2D eigenvalue weighted by molar-refractivity contribution is 6.34. The SMILES string of the molecule is COC(=O)c1ncn2c1C(=O)N(c1ccc(F)cc1Cl)C(C)(C(=O)NCc1ccccc1)C2. The van der Waals surface area contributed by atoms with Crippen molar-refractivity contribution in [1.29, 1.82) is 0 Å². The topological polar surface area (TPSA) is 93.5 Å². The average Bonchev–Trinajstić information content (AvgIpc) is 3.22. The van der Waals surface area contributed by atoms with E-state index in [-0.39, 0.29) is 35.2 Å². The predicted molar refractivity (Wildman–Crippen MR) is 118 cm³/mol. The molecule has 170 valence electrons. The van der Waals surface area contributed by atoms with Crippen molar-refractivity contribution in [2.45, 2.75) is 25.6 Å². The molecular weight excluding hydrogens is 451 g/mol. The summed E-state index contributed by atoms with van der Waals surface area (Å²) in [5.41, 5.74) is -0.690. The van der Waals surface area contributed by atoms with Gasteiger partial charge in [0, 0.05) is 6.54 Å². The number of anilines is 1. The molecule has 1 aliphatic rings.